The van der Waals surface area contributed by atoms with E-state index in [1.807, 2.05) is 13.3 Å². The van der Waals surface area contributed by atoms with Crippen molar-refractivity contribution in [2.45, 2.75) is 18.9 Å². The van der Waals surface area contributed by atoms with Crippen LogP contribution in [0.4, 0.5) is 4.39 Å². The number of fused-ring (bicyclic) bond motifs is 2. The molecular formula is C18H19FN5S+. The van der Waals surface area contributed by atoms with E-state index < -0.39 is 0 Å². The molecule has 0 bridgehead atoms. The smallest absolute Gasteiger partial charge is 0.185 e. The van der Waals surface area contributed by atoms with Crippen LogP contribution in [0.2, 0.25) is 0 Å². The maximum Gasteiger partial charge on any atom is 0.185 e. The normalized spacial score (nSPS) is 24.0. The number of nitrogens with one attached hydrogen (secondary N) is 1. The number of hydrazone groups is 1. The van der Waals surface area contributed by atoms with Crippen LogP contribution >= 0.6 is 11.3 Å². The van der Waals surface area contributed by atoms with Gasteiger partial charge in [-0.3, -0.25) is 4.68 Å². The van der Waals surface area contributed by atoms with Gasteiger partial charge in [0, 0.05) is 11.1 Å². The number of piperidine rings is 1. The lowest BCUT2D eigenvalue weighted by Crippen LogP contribution is -2.29. The average Bonchev–Trinajstić information content (AvgIpc) is 3.27. The minimum absolute atomic E-state index is 0.0749. The Bertz CT molecular complexity index is 939. The summed E-state index contributed by atoms with van der Waals surface area (Å²) in [6, 6.07) is 2.56. The molecule has 0 amide bonds. The SMILES string of the molecule is C[N+]1=CC2C=C(c3cc4nn(C5CCNCC5)cc4s3)C=C(F)C2=N1. The van der Waals surface area contributed by atoms with Crippen molar-refractivity contribution in [1.82, 2.24) is 15.1 Å². The average molecular weight is 356 g/mol. The van der Waals surface area contributed by atoms with E-state index in [-0.39, 0.29) is 11.7 Å². The molecule has 1 N–H and O–H groups in total. The van der Waals surface area contributed by atoms with Gasteiger partial charge in [0.15, 0.2) is 24.8 Å². The molecule has 25 heavy (non-hydrogen) atoms. The summed E-state index contributed by atoms with van der Waals surface area (Å²) >= 11 is 1.68. The second kappa shape index (κ2) is 5.71. The highest BCUT2D eigenvalue weighted by molar-refractivity contribution is 7.20. The first-order valence-electron chi connectivity index (χ1n) is 8.63. The first kappa shape index (κ1) is 15.2. The summed E-state index contributed by atoms with van der Waals surface area (Å²) in [6.45, 7) is 2.10. The fourth-order valence-corrected chi connectivity index (χ4v) is 4.76. The van der Waals surface area contributed by atoms with E-state index in [1.165, 1.54) is 0 Å². The largest absolute Gasteiger partial charge is 0.317 e. The Kier molecular flexibility index (Phi) is 3.46. The third-order valence-electron chi connectivity index (χ3n) is 5.02. The molecule has 128 valence electrons. The highest BCUT2D eigenvalue weighted by atomic mass is 32.1. The van der Waals surface area contributed by atoms with Crippen LogP contribution in [0.25, 0.3) is 15.8 Å². The second-order valence-corrected chi connectivity index (χ2v) is 7.88. The van der Waals surface area contributed by atoms with E-state index in [0.29, 0.717) is 11.8 Å². The Morgan fingerprint density at radius 3 is 3.00 bits per heavy atom. The molecular weight excluding hydrogens is 337 g/mol. The Balaban J connectivity index is 1.47. The Morgan fingerprint density at radius 1 is 1.36 bits per heavy atom. The molecule has 0 saturated carbocycles. The van der Waals surface area contributed by atoms with Crippen molar-refractivity contribution in [2.75, 3.05) is 20.1 Å². The van der Waals surface area contributed by atoms with Crippen LogP contribution in [-0.2, 0) is 0 Å². The van der Waals surface area contributed by atoms with Crippen LogP contribution in [-0.4, -0.2) is 46.5 Å². The standard InChI is InChI=1S/C18H19FN5S/c1-23-9-12-6-11(7-14(19)18(12)22-23)16-8-15-17(25-16)10-24(21-15)13-2-4-20-5-3-13/h6-10,12-13,20H,2-5H2,1H3/q+1. The van der Waals surface area contributed by atoms with Crippen LogP contribution in [0.1, 0.15) is 23.8 Å². The number of halogens is 1. The lowest BCUT2D eigenvalue weighted by molar-refractivity contribution is -0.495. The minimum Gasteiger partial charge on any atom is -0.317 e. The summed E-state index contributed by atoms with van der Waals surface area (Å²) in [4.78, 5) is 1.06. The van der Waals surface area contributed by atoms with E-state index in [2.05, 4.69) is 33.4 Å². The fraction of sp³-hybridized carbons (Fsp3) is 0.389. The van der Waals surface area contributed by atoms with Gasteiger partial charge in [-0.15, -0.1) is 11.3 Å². The quantitative estimate of drug-likeness (QED) is 0.841. The van der Waals surface area contributed by atoms with Crippen LogP contribution in [0.5, 0.6) is 0 Å². The first-order valence-corrected chi connectivity index (χ1v) is 9.44. The number of thiophene rings is 1. The number of aromatic nitrogens is 2. The molecule has 2 aromatic heterocycles. The zero-order chi connectivity index (χ0) is 17.0. The molecule has 7 heteroatoms. The zero-order valence-corrected chi connectivity index (χ0v) is 14.8. The van der Waals surface area contributed by atoms with E-state index >= 15 is 0 Å². The van der Waals surface area contributed by atoms with E-state index in [1.54, 1.807) is 22.1 Å². The molecule has 1 unspecified atom stereocenters. The fourth-order valence-electron chi connectivity index (χ4n) is 3.75. The lowest BCUT2D eigenvalue weighted by atomic mass is 9.94. The van der Waals surface area contributed by atoms with Crippen molar-refractivity contribution in [1.29, 1.82) is 0 Å². The van der Waals surface area contributed by atoms with Gasteiger partial charge in [-0.25, -0.2) is 4.39 Å². The van der Waals surface area contributed by atoms with Gasteiger partial charge in [0.25, 0.3) is 0 Å². The monoisotopic (exact) mass is 356 g/mol. The van der Waals surface area contributed by atoms with E-state index in [9.17, 15) is 4.39 Å². The Labute approximate surface area is 148 Å². The maximum absolute atomic E-state index is 14.4. The number of hydrogen-bond acceptors (Lipinski definition) is 4. The number of nitrogens with zero attached hydrogens (tertiary/aromatic N) is 4. The summed E-state index contributed by atoms with van der Waals surface area (Å²) in [5, 5.41) is 12.4. The van der Waals surface area contributed by atoms with Crippen molar-refractivity contribution in [3.8, 4) is 0 Å². The summed E-state index contributed by atoms with van der Waals surface area (Å²) < 4.78 is 19.3. The molecule has 0 radical (unpaired) electrons. The number of hydrogen-bond donors (Lipinski definition) is 1. The molecule has 3 aliphatic rings. The predicted octanol–water partition coefficient (Wildman–Crippen LogP) is 2.97. The minimum atomic E-state index is -0.242. The zero-order valence-electron chi connectivity index (χ0n) is 13.9. The van der Waals surface area contributed by atoms with Crippen molar-refractivity contribution in [3.63, 3.8) is 0 Å². The third-order valence-corrected chi connectivity index (χ3v) is 6.13. The van der Waals surface area contributed by atoms with Gasteiger partial charge in [-0.2, -0.15) is 5.10 Å². The highest BCUT2D eigenvalue weighted by Crippen LogP contribution is 2.36. The molecule has 1 atom stereocenters. The van der Waals surface area contributed by atoms with Gasteiger partial charge in [-0.1, -0.05) is 10.8 Å². The van der Waals surface area contributed by atoms with Crippen LogP contribution in [0.15, 0.2) is 35.3 Å². The predicted molar refractivity (Wildman–Crippen MR) is 99.1 cm³/mol. The summed E-state index contributed by atoms with van der Waals surface area (Å²) in [5.74, 6) is -0.317. The van der Waals surface area contributed by atoms with E-state index in [4.69, 9.17) is 5.10 Å². The van der Waals surface area contributed by atoms with Gasteiger partial charge in [0.2, 0.25) is 0 Å². The topological polar surface area (TPSA) is 45.2 Å². The van der Waals surface area contributed by atoms with Crippen LogP contribution < -0.4 is 5.32 Å². The first-order chi connectivity index (χ1) is 12.2. The molecule has 0 aromatic carbocycles. The van der Waals surface area contributed by atoms with E-state index in [0.717, 1.165) is 46.6 Å². The summed E-state index contributed by atoms with van der Waals surface area (Å²) in [7, 11) is 1.83. The maximum atomic E-state index is 14.4. The molecule has 4 heterocycles. The van der Waals surface area contributed by atoms with Crippen LogP contribution in [0.3, 0.4) is 0 Å². The number of allylic oxidation sites excluding steroid dienone is 4. The molecule has 5 nitrogen and oxygen atoms in total. The lowest BCUT2D eigenvalue weighted by Gasteiger charge is -2.22. The molecule has 1 aliphatic carbocycles. The van der Waals surface area contributed by atoms with Gasteiger partial charge in [-0.05, 0) is 48.7 Å². The molecule has 5 rings (SSSR count). The second-order valence-electron chi connectivity index (χ2n) is 6.80. The van der Waals surface area contributed by atoms with Gasteiger partial charge < -0.3 is 5.32 Å². The molecule has 2 aromatic rings. The van der Waals surface area contributed by atoms with Crippen molar-refractivity contribution < 1.29 is 9.07 Å². The third kappa shape index (κ3) is 2.58. The Morgan fingerprint density at radius 2 is 2.20 bits per heavy atom. The van der Waals surface area contributed by atoms with Gasteiger partial charge >= 0.3 is 0 Å². The summed E-state index contributed by atoms with van der Waals surface area (Å²) in [6.07, 6.45) is 9.98. The summed E-state index contributed by atoms with van der Waals surface area (Å²) in [5.41, 5.74) is 2.42. The van der Waals surface area contributed by atoms with Gasteiger partial charge in [0.1, 0.15) is 11.4 Å². The highest BCUT2D eigenvalue weighted by Gasteiger charge is 2.32. The van der Waals surface area contributed by atoms with Crippen molar-refractivity contribution in [2.24, 2.45) is 11.0 Å². The molecule has 1 fully saturated rings. The number of rotatable bonds is 2. The van der Waals surface area contributed by atoms with Gasteiger partial charge in [0.05, 0.1) is 10.7 Å². The van der Waals surface area contributed by atoms with Crippen molar-refractivity contribution >= 4 is 39.1 Å². The molecule has 0 spiro atoms. The molecule has 2 aliphatic heterocycles. The van der Waals surface area contributed by atoms with Crippen molar-refractivity contribution in [3.05, 3.63) is 35.1 Å². The molecule has 1 saturated heterocycles. The Hall–Kier alpha value is -2.12. The van der Waals surface area contributed by atoms with Crippen LogP contribution in [0, 0.1) is 5.92 Å².